The summed E-state index contributed by atoms with van der Waals surface area (Å²) in [6.07, 6.45) is 2.09. The van der Waals surface area contributed by atoms with Crippen LogP contribution in [0.3, 0.4) is 0 Å². The van der Waals surface area contributed by atoms with E-state index in [0.29, 0.717) is 28.8 Å². The van der Waals surface area contributed by atoms with Gasteiger partial charge in [-0.2, -0.15) is 0 Å². The van der Waals surface area contributed by atoms with Crippen LogP contribution in [0.2, 0.25) is 5.02 Å². The quantitative estimate of drug-likeness (QED) is 0.754. The molecule has 1 aliphatic rings. The van der Waals surface area contributed by atoms with E-state index in [1.54, 1.807) is 6.07 Å². The molecule has 1 aliphatic carbocycles. The van der Waals surface area contributed by atoms with Gasteiger partial charge in [0, 0.05) is 28.8 Å². The Bertz CT molecular complexity index is 757. The zero-order chi connectivity index (χ0) is 17.1. The van der Waals surface area contributed by atoms with Crippen molar-refractivity contribution in [2.45, 2.75) is 32.2 Å². The molecular weight excluding hydrogens is 320 g/mol. The van der Waals surface area contributed by atoms with Crippen LogP contribution in [0, 0.1) is 11.3 Å². The third-order valence-electron chi connectivity index (χ3n) is 4.74. The molecule has 0 aliphatic heterocycles. The second-order valence-corrected chi connectivity index (χ2v) is 6.85. The van der Waals surface area contributed by atoms with E-state index in [2.05, 4.69) is 5.32 Å². The number of amides is 1. The predicted octanol–water partition coefficient (Wildman–Crippen LogP) is 4.80. The minimum Gasteiger partial charge on any atom is -0.348 e. The van der Waals surface area contributed by atoms with Crippen molar-refractivity contribution in [1.29, 1.82) is 5.41 Å². The van der Waals surface area contributed by atoms with Crippen molar-refractivity contribution in [3.63, 3.8) is 0 Å². The Morgan fingerprint density at radius 1 is 1.21 bits per heavy atom. The van der Waals surface area contributed by atoms with Crippen molar-refractivity contribution in [3.8, 4) is 0 Å². The fourth-order valence-corrected chi connectivity index (χ4v) is 3.50. The topological polar surface area (TPSA) is 53.0 Å². The van der Waals surface area contributed by atoms with Gasteiger partial charge in [-0.15, -0.1) is 0 Å². The van der Waals surface area contributed by atoms with Crippen molar-refractivity contribution in [2.75, 3.05) is 0 Å². The molecule has 0 spiro atoms. The van der Waals surface area contributed by atoms with Gasteiger partial charge in [-0.3, -0.25) is 4.79 Å². The van der Waals surface area contributed by atoms with Gasteiger partial charge in [0.1, 0.15) is 0 Å². The highest BCUT2D eigenvalue weighted by atomic mass is 35.5. The summed E-state index contributed by atoms with van der Waals surface area (Å²) in [5.41, 5.74) is 3.42. The van der Waals surface area contributed by atoms with E-state index in [-0.39, 0.29) is 11.8 Å². The van der Waals surface area contributed by atoms with Crippen LogP contribution in [0.25, 0.3) is 0 Å². The van der Waals surface area contributed by atoms with Crippen LogP contribution in [0.1, 0.15) is 47.2 Å². The lowest BCUT2D eigenvalue weighted by molar-refractivity contribution is 0.0950. The second kappa shape index (κ2) is 7.18. The molecule has 0 radical (unpaired) electrons. The third kappa shape index (κ3) is 3.68. The average molecular weight is 341 g/mol. The van der Waals surface area contributed by atoms with Gasteiger partial charge in [-0.05, 0) is 55.0 Å². The number of carbonyl (C=O) groups excluding carboxylic acids is 1. The van der Waals surface area contributed by atoms with Crippen LogP contribution in [0.5, 0.6) is 0 Å². The normalized spacial score (nSPS) is 19.4. The highest BCUT2D eigenvalue weighted by molar-refractivity contribution is 6.31. The summed E-state index contributed by atoms with van der Waals surface area (Å²) in [5.74, 6) is 0.468. The fraction of sp³-hybridized carbons (Fsp3) is 0.300. The van der Waals surface area contributed by atoms with E-state index >= 15 is 0 Å². The molecule has 2 aromatic rings. The van der Waals surface area contributed by atoms with Crippen molar-refractivity contribution in [3.05, 3.63) is 70.2 Å². The number of carbonyl (C=O) groups is 1. The standard InChI is InChI=1S/C20H21ClN2O/c1-13(22)18-7-8-19(18)15-9-16(11-17(21)10-15)20(24)23-12-14-5-3-2-4-6-14/h2-6,9-11,18-19,22H,7-8,12H2,1H3,(H,23,24)/t18?,19-/m0/s1. The molecule has 1 fully saturated rings. The summed E-state index contributed by atoms with van der Waals surface area (Å²) in [6.45, 7) is 2.35. The summed E-state index contributed by atoms with van der Waals surface area (Å²) < 4.78 is 0. The molecule has 3 nitrogen and oxygen atoms in total. The van der Waals surface area contributed by atoms with Gasteiger partial charge in [0.05, 0.1) is 0 Å². The number of halogens is 1. The Hall–Kier alpha value is -2.13. The lowest BCUT2D eigenvalue weighted by Crippen LogP contribution is -2.29. The molecule has 0 bridgehead atoms. The number of nitrogens with one attached hydrogen (secondary N) is 2. The molecule has 2 atom stereocenters. The first-order valence-corrected chi connectivity index (χ1v) is 8.60. The van der Waals surface area contributed by atoms with Crippen LogP contribution in [-0.2, 0) is 6.54 Å². The third-order valence-corrected chi connectivity index (χ3v) is 4.96. The maximum atomic E-state index is 12.5. The molecule has 0 aromatic heterocycles. The molecule has 4 heteroatoms. The minimum absolute atomic E-state index is 0.120. The number of benzene rings is 2. The van der Waals surface area contributed by atoms with Gasteiger partial charge >= 0.3 is 0 Å². The minimum atomic E-state index is -0.120. The monoisotopic (exact) mass is 340 g/mol. The fourth-order valence-electron chi connectivity index (χ4n) is 3.26. The summed E-state index contributed by atoms with van der Waals surface area (Å²) in [7, 11) is 0. The van der Waals surface area contributed by atoms with Gasteiger partial charge in [0.2, 0.25) is 0 Å². The van der Waals surface area contributed by atoms with Crippen LogP contribution in [0.4, 0.5) is 0 Å². The number of hydrogen-bond donors (Lipinski definition) is 2. The smallest absolute Gasteiger partial charge is 0.251 e. The first kappa shape index (κ1) is 16.7. The van der Waals surface area contributed by atoms with Crippen LogP contribution in [0.15, 0.2) is 48.5 Å². The van der Waals surface area contributed by atoms with Crippen LogP contribution >= 0.6 is 11.6 Å². The molecule has 1 unspecified atom stereocenters. The van der Waals surface area contributed by atoms with Gasteiger partial charge in [0.15, 0.2) is 0 Å². The molecule has 124 valence electrons. The van der Waals surface area contributed by atoms with Crippen LogP contribution < -0.4 is 5.32 Å². The Morgan fingerprint density at radius 2 is 1.96 bits per heavy atom. The van der Waals surface area contributed by atoms with Crippen LogP contribution in [-0.4, -0.2) is 11.6 Å². The van der Waals surface area contributed by atoms with Gasteiger partial charge in [-0.25, -0.2) is 0 Å². The highest BCUT2D eigenvalue weighted by Gasteiger charge is 2.34. The van der Waals surface area contributed by atoms with Crippen molar-refractivity contribution in [1.82, 2.24) is 5.32 Å². The first-order valence-electron chi connectivity index (χ1n) is 8.22. The molecule has 1 amide bonds. The SMILES string of the molecule is CC(=N)C1CC[C@H]1c1cc(Cl)cc(C(=O)NCc2ccccc2)c1. The van der Waals surface area contributed by atoms with Crippen molar-refractivity contribution >= 4 is 23.2 Å². The average Bonchev–Trinajstić information content (AvgIpc) is 2.51. The van der Waals surface area contributed by atoms with Crippen molar-refractivity contribution < 1.29 is 4.79 Å². The Balaban J connectivity index is 1.73. The van der Waals surface area contributed by atoms with E-state index in [9.17, 15) is 4.79 Å². The molecule has 1 saturated carbocycles. The molecule has 24 heavy (non-hydrogen) atoms. The molecule has 2 aromatic carbocycles. The zero-order valence-electron chi connectivity index (χ0n) is 13.7. The maximum Gasteiger partial charge on any atom is 0.251 e. The Labute approximate surface area is 147 Å². The Morgan fingerprint density at radius 3 is 2.58 bits per heavy atom. The first-order chi connectivity index (χ1) is 11.5. The highest BCUT2D eigenvalue weighted by Crippen LogP contribution is 2.43. The lowest BCUT2D eigenvalue weighted by Gasteiger charge is -2.37. The Kier molecular flexibility index (Phi) is 5.00. The molecule has 2 N–H and O–H groups in total. The predicted molar refractivity (Wildman–Crippen MR) is 97.9 cm³/mol. The number of hydrogen-bond acceptors (Lipinski definition) is 2. The molecule has 0 saturated heterocycles. The molecule has 3 rings (SSSR count). The summed E-state index contributed by atoms with van der Waals surface area (Å²) >= 11 is 6.23. The van der Waals surface area contributed by atoms with Gasteiger partial charge in [0.25, 0.3) is 5.91 Å². The summed E-state index contributed by atoms with van der Waals surface area (Å²) in [5, 5.41) is 11.4. The van der Waals surface area contributed by atoms with E-state index < -0.39 is 0 Å². The number of rotatable bonds is 5. The van der Waals surface area contributed by atoms with E-state index in [1.165, 1.54) is 0 Å². The zero-order valence-corrected chi connectivity index (χ0v) is 14.4. The second-order valence-electron chi connectivity index (χ2n) is 6.41. The summed E-state index contributed by atoms with van der Waals surface area (Å²) in [6, 6.07) is 15.4. The summed E-state index contributed by atoms with van der Waals surface area (Å²) in [4.78, 5) is 12.5. The lowest BCUT2D eigenvalue weighted by atomic mass is 9.68. The van der Waals surface area contributed by atoms with E-state index in [1.807, 2.05) is 49.4 Å². The van der Waals surface area contributed by atoms with E-state index in [4.69, 9.17) is 17.0 Å². The molecular formula is C20H21ClN2O. The molecule has 0 heterocycles. The van der Waals surface area contributed by atoms with Crippen molar-refractivity contribution in [2.24, 2.45) is 5.92 Å². The van der Waals surface area contributed by atoms with Gasteiger partial charge in [-0.1, -0.05) is 41.9 Å². The van der Waals surface area contributed by atoms with E-state index in [0.717, 1.165) is 24.0 Å². The largest absolute Gasteiger partial charge is 0.348 e. The maximum absolute atomic E-state index is 12.5. The van der Waals surface area contributed by atoms with Gasteiger partial charge < -0.3 is 10.7 Å².